The van der Waals surface area contributed by atoms with E-state index in [-0.39, 0.29) is 34.7 Å². The molecule has 0 fully saturated rings. The predicted molar refractivity (Wildman–Crippen MR) is 136 cm³/mol. The number of rotatable bonds is 8. The van der Waals surface area contributed by atoms with Crippen LogP contribution in [0.5, 0.6) is 0 Å². The van der Waals surface area contributed by atoms with Crippen molar-refractivity contribution in [2.45, 2.75) is 26.8 Å². The molecule has 1 aliphatic heterocycles. The van der Waals surface area contributed by atoms with Gasteiger partial charge in [0.25, 0.3) is 11.8 Å². The molecule has 0 spiro atoms. The van der Waals surface area contributed by atoms with E-state index in [0.717, 1.165) is 11.2 Å². The van der Waals surface area contributed by atoms with Gasteiger partial charge in [0, 0.05) is 30.6 Å². The molecular weight excluding hydrogens is 491 g/mol. The molecule has 0 saturated carbocycles. The Hall–Kier alpha value is -3.36. The van der Waals surface area contributed by atoms with Crippen molar-refractivity contribution in [2.75, 3.05) is 13.7 Å². The summed E-state index contributed by atoms with van der Waals surface area (Å²) in [7, 11) is 1.70. The van der Waals surface area contributed by atoms with Crippen LogP contribution in [0, 0.1) is 11.3 Å². The van der Waals surface area contributed by atoms with Gasteiger partial charge in [-0.05, 0) is 42.2 Å². The molecule has 184 valence electrons. The van der Waals surface area contributed by atoms with E-state index in [1.165, 1.54) is 0 Å². The van der Waals surface area contributed by atoms with Crippen LogP contribution in [0.15, 0.2) is 36.5 Å². The molecule has 0 radical (unpaired) electrons. The first-order valence-electron chi connectivity index (χ1n) is 11.0. The van der Waals surface area contributed by atoms with Crippen molar-refractivity contribution in [3.05, 3.63) is 74.4 Å². The molecule has 1 unspecified atom stereocenters. The van der Waals surface area contributed by atoms with Crippen LogP contribution in [-0.2, 0) is 22.5 Å². The monoisotopic (exact) mass is 516 g/mol. The summed E-state index contributed by atoms with van der Waals surface area (Å²) >= 11 is 12.8. The molecule has 3 N–H and O–H groups in total. The van der Waals surface area contributed by atoms with Gasteiger partial charge >= 0.3 is 5.97 Å². The molecule has 1 heterocycles. The van der Waals surface area contributed by atoms with Crippen molar-refractivity contribution >= 4 is 52.8 Å². The molecule has 2 aromatic carbocycles. The molecule has 8 nitrogen and oxygen atoms in total. The van der Waals surface area contributed by atoms with Crippen LogP contribution >= 0.6 is 23.2 Å². The Labute approximate surface area is 213 Å². The van der Waals surface area contributed by atoms with Gasteiger partial charge in [-0.25, -0.2) is 5.01 Å². The number of hydrogen-bond donors (Lipinski definition) is 3. The van der Waals surface area contributed by atoms with Crippen molar-refractivity contribution in [1.82, 2.24) is 15.8 Å². The topological polar surface area (TPSA) is 112 Å². The fourth-order valence-corrected chi connectivity index (χ4v) is 4.55. The van der Waals surface area contributed by atoms with Crippen LogP contribution < -0.4 is 10.7 Å². The minimum atomic E-state index is -0.565. The first-order valence-corrected chi connectivity index (χ1v) is 11.7. The van der Waals surface area contributed by atoms with Gasteiger partial charge in [-0.2, -0.15) is 0 Å². The van der Waals surface area contributed by atoms with Crippen molar-refractivity contribution in [3.8, 4) is 0 Å². The van der Waals surface area contributed by atoms with E-state index in [2.05, 4.69) is 10.7 Å². The highest BCUT2D eigenvalue weighted by molar-refractivity contribution is 6.40. The lowest BCUT2D eigenvalue weighted by atomic mass is 9.92. The van der Waals surface area contributed by atoms with Crippen LogP contribution in [0.4, 0.5) is 0 Å². The second kappa shape index (κ2) is 11.4. The van der Waals surface area contributed by atoms with Crippen LogP contribution in [0.2, 0.25) is 10.0 Å². The summed E-state index contributed by atoms with van der Waals surface area (Å²) in [5.74, 6) is -1.78. The Morgan fingerprint density at radius 1 is 1.29 bits per heavy atom. The maximum Gasteiger partial charge on any atom is 0.308 e. The second-order valence-electron chi connectivity index (χ2n) is 7.99. The van der Waals surface area contributed by atoms with Crippen molar-refractivity contribution in [1.29, 1.82) is 5.41 Å². The van der Waals surface area contributed by atoms with Gasteiger partial charge in [0.05, 0.1) is 34.7 Å². The molecule has 3 rings (SSSR count). The third kappa shape index (κ3) is 5.66. The highest BCUT2D eigenvalue weighted by atomic mass is 35.5. The standard InChI is InChI=1S/C25H26Cl2N4O4/c1-4-35-25(34)14(2)8-15-6-5-7-16-13-31(30-23(32)21(15)16)24(33)22-19(26)9-17(10-20(22)27)18(11-28)12-29-3/h5-7,9-12,14,28-29H,4,8,13H2,1-3H3,(H,30,32)/b18-12+,28-11?. The van der Waals surface area contributed by atoms with E-state index in [1.807, 2.05) is 0 Å². The van der Waals surface area contributed by atoms with Gasteiger partial charge < -0.3 is 15.5 Å². The Kier molecular flexibility index (Phi) is 8.53. The number of carbonyl (C=O) groups is 3. The zero-order valence-electron chi connectivity index (χ0n) is 19.6. The molecule has 2 aromatic rings. The molecule has 1 atom stereocenters. The molecule has 1 aliphatic rings. The van der Waals surface area contributed by atoms with Gasteiger partial charge in [0.15, 0.2) is 0 Å². The number of esters is 1. The van der Waals surface area contributed by atoms with E-state index >= 15 is 0 Å². The van der Waals surface area contributed by atoms with Gasteiger partial charge in [-0.1, -0.05) is 48.3 Å². The number of ether oxygens (including phenoxy) is 1. The second-order valence-corrected chi connectivity index (χ2v) is 8.80. The minimum Gasteiger partial charge on any atom is -0.466 e. The third-order valence-electron chi connectivity index (χ3n) is 5.53. The molecule has 35 heavy (non-hydrogen) atoms. The van der Waals surface area contributed by atoms with Crippen LogP contribution in [-0.4, -0.2) is 42.7 Å². The maximum atomic E-state index is 13.3. The average molecular weight is 517 g/mol. The number of hydrazine groups is 1. The number of fused-ring (bicyclic) bond motifs is 1. The number of benzene rings is 2. The van der Waals surface area contributed by atoms with E-state index in [0.29, 0.717) is 34.2 Å². The van der Waals surface area contributed by atoms with Crippen molar-refractivity contribution in [3.63, 3.8) is 0 Å². The summed E-state index contributed by atoms with van der Waals surface area (Å²) in [5.41, 5.74) is 5.53. The lowest BCUT2D eigenvalue weighted by Gasteiger charge is -2.31. The first-order chi connectivity index (χ1) is 16.7. The van der Waals surface area contributed by atoms with Crippen molar-refractivity contribution < 1.29 is 19.1 Å². The highest BCUT2D eigenvalue weighted by Crippen LogP contribution is 2.32. The maximum absolute atomic E-state index is 13.3. The van der Waals surface area contributed by atoms with E-state index in [9.17, 15) is 14.4 Å². The number of carbonyl (C=O) groups excluding carboxylic acids is 3. The Bertz CT molecular complexity index is 1190. The first kappa shape index (κ1) is 26.2. The van der Waals surface area contributed by atoms with Crippen LogP contribution in [0.25, 0.3) is 5.57 Å². The van der Waals surface area contributed by atoms with E-state index < -0.39 is 17.7 Å². The molecule has 2 amide bonds. The number of nitrogens with one attached hydrogen (secondary N) is 3. The van der Waals surface area contributed by atoms with Gasteiger partial charge in [-0.15, -0.1) is 0 Å². The lowest BCUT2D eigenvalue weighted by molar-refractivity contribution is -0.147. The van der Waals surface area contributed by atoms with Gasteiger partial charge in [0.1, 0.15) is 0 Å². The molecular formula is C25H26Cl2N4O4. The average Bonchev–Trinajstić information content (AvgIpc) is 2.81. The summed E-state index contributed by atoms with van der Waals surface area (Å²) in [6, 6.07) is 8.43. The summed E-state index contributed by atoms with van der Waals surface area (Å²) in [5, 5.41) is 11.8. The summed E-state index contributed by atoms with van der Waals surface area (Å²) in [4.78, 5) is 38.4. The normalized spacial score (nSPS) is 14.0. The Balaban J connectivity index is 1.89. The fraction of sp³-hybridized carbons (Fsp3) is 0.280. The lowest BCUT2D eigenvalue weighted by Crippen LogP contribution is -2.49. The minimum absolute atomic E-state index is 0.0432. The zero-order chi connectivity index (χ0) is 25.7. The van der Waals surface area contributed by atoms with E-state index in [4.69, 9.17) is 33.3 Å². The summed E-state index contributed by atoms with van der Waals surface area (Å²) in [6.45, 7) is 3.87. The largest absolute Gasteiger partial charge is 0.466 e. The summed E-state index contributed by atoms with van der Waals surface area (Å²) in [6.07, 6.45) is 3.08. The smallest absolute Gasteiger partial charge is 0.308 e. The number of hydrogen-bond acceptors (Lipinski definition) is 6. The highest BCUT2D eigenvalue weighted by Gasteiger charge is 2.31. The SMILES string of the molecule is CCOC(=O)C(C)Cc1cccc2c1C(=O)NN(C(=O)c1c(Cl)cc(/C(C=N)=C/NC)cc1Cl)C2. The Morgan fingerprint density at radius 2 is 1.97 bits per heavy atom. The fourth-order valence-electron chi connectivity index (χ4n) is 3.90. The quantitative estimate of drug-likeness (QED) is 0.358. The van der Waals surface area contributed by atoms with Crippen LogP contribution in [0.1, 0.15) is 51.3 Å². The molecule has 0 aromatic heterocycles. The van der Waals surface area contributed by atoms with Gasteiger partial charge in [-0.3, -0.25) is 19.8 Å². The van der Waals surface area contributed by atoms with Gasteiger partial charge in [0.2, 0.25) is 0 Å². The predicted octanol–water partition coefficient (Wildman–Crippen LogP) is 4.25. The molecule has 0 aliphatic carbocycles. The molecule has 10 heteroatoms. The number of nitrogens with zero attached hydrogens (tertiary/aromatic N) is 1. The number of amides is 2. The number of halogens is 2. The van der Waals surface area contributed by atoms with Crippen LogP contribution in [0.3, 0.4) is 0 Å². The summed E-state index contributed by atoms with van der Waals surface area (Å²) < 4.78 is 5.07. The number of allylic oxidation sites excluding steroid dienone is 1. The zero-order valence-corrected chi connectivity index (χ0v) is 21.1. The third-order valence-corrected chi connectivity index (χ3v) is 6.13. The Morgan fingerprint density at radius 3 is 2.57 bits per heavy atom. The molecule has 0 saturated heterocycles. The van der Waals surface area contributed by atoms with Crippen molar-refractivity contribution in [2.24, 2.45) is 5.92 Å². The van der Waals surface area contributed by atoms with E-state index in [1.54, 1.807) is 57.4 Å². The molecule has 0 bridgehead atoms.